The summed E-state index contributed by atoms with van der Waals surface area (Å²) in [6, 6.07) is 5.26. The van der Waals surface area contributed by atoms with Crippen molar-refractivity contribution >= 4 is 27.8 Å². The van der Waals surface area contributed by atoms with Crippen LogP contribution in [0.3, 0.4) is 0 Å². The zero-order valence-corrected chi connectivity index (χ0v) is 13.1. The Labute approximate surface area is 121 Å². The lowest BCUT2D eigenvalue weighted by Crippen LogP contribution is -2.34. The lowest BCUT2D eigenvalue weighted by atomic mass is 10.1. The fourth-order valence-corrected chi connectivity index (χ4v) is 1.66. The Bertz CT molecular complexity index is 492. The second-order valence-electron chi connectivity index (χ2n) is 5.23. The normalized spacial score (nSPS) is 11.0. The molecule has 104 valence electrons. The Morgan fingerprint density at radius 3 is 2.47 bits per heavy atom. The van der Waals surface area contributed by atoms with Crippen LogP contribution in [0.1, 0.15) is 36.7 Å². The smallest absolute Gasteiger partial charge is 0.325 e. The van der Waals surface area contributed by atoms with Gasteiger partial charge < -0.3 is 10.1 Å². The molecule has 19 heavy (non-hydrogen) atoms. The summed E-state index contributed by atoms with van der Waals surface area (Å²) in [5.74, 6) is -0.740. The molecule has 0 aliphatic heterocycles. The molecule has 1 amide bonds. The molecule has 0 saturated carbocycles. The van der Waals surface area contributed by atoms with Crippen molar-refractivity contribution < 1.29 is 14.3 Å². The minimum Gasteiger partial charge on any atom is -0.459 e. The number of carbonyl (C=O) groups excluding carboxylic acids is 2. The van der Waals surface area contributed by atoms with Gasteiger partial charge in [0.05, 0.1) is 0 Å². The number of amides is 1. The van der Waals surface area contributed by atoms with Gasteiger partial charge in [0.15, 0.2) is 0 Å². The number of ether oxygens (including phenoxy) is 1. The van der Waals surface area contributed by atoms with Gasteiger partial charge in [0.1, 0.15) is 12.1 Å². The van der Waals surface area contributed by atoms with Crippen molar-refractivity contribution in [3.63, 3.8) is 0 Å². The summed E-state index contributed by atoms with van der Waals surface area (Å²) in [6.45, 7) is 7.11. The Kier molecular flexibility index (Phi) is 5.11. The van der Waals surface area contributed by atoms with Gasteiger partial charge in [-0.3, -0.25) is 9.59 Å². The molecule has 5 heteroatoms. The first-order chi connectivity index (χ1) is 8.69. The molecular weight excluding hydrogens is 310 g/mol. The summed E-state index contributed by atoms with van der Waals surface area (Å²) < 4.78 is 6.05. The first-order valence-electron chi connectivity index (χ1n) is 5.95. The van der Waals surface area contributed by atoms with Gasteiger partial charge in [0, 0.05) is 10.0 Å². The molecule has 1 rings (SSSR count). The molecular formula is C14H18BrNO3. The van der Waals surface area contributed by atoms with E-state index < -0.39 is 11.6 Å². The number of esters is 1. The zero-order chi connectivity index (χ0) is 14.6. The van der Waals surface area contributed by atoms with E-state index in [0.29, 0.717) is 5.56 Å². The number of halogens is 1. The topological polar surface area (TPSA) is 55.4 Å². The highest BCUT2D eigenvalue weighted by atomic mass is 79.9. The van der Waals surface area contributed by atoms with E-state index in [2.05, 4.69) is 21.2 Å². The molecule has 0 atom stereocenters. The molecule has 0 unspecified atom stereocenters. The average molecular weight is 328 g/mol. The fraction of sp³-hybridized carbons (Fsp3) is 0.429. The first kappa shape index (κ1) is 15.7. The lowest BCUT2D eigenvalue weighted by molar-refractivity contribution is -0.153. The molecule has 0 bridgehead atoms. The van der Waals surface area contributed by atoms with Crippen molar-refractivity contribution in [2.24, 2.45) is 0 Å². The number of nitrogens with one attached hydrogen (secondary N) is 1. The highest BCUT2D eigenvalue weighted by Crippen LogP contribution is 2.17. The van der Waals surface area contributed by atoms with Crippen LogP contribution in [0.4, 0.5) is 0 Å². The fourth-order valence-electron chi connectivity index (χ4n) is 1.42. The van der Waals surface area contributed by atoms with Crippen molar-refractivity contribution in [2.75, 3.05) is 6.54 Å². The summed E-state index contributed by atoms with van der Waals surface area (Å²) in [7, 11) is 0. The molecule has 0 radical (unpaired) electrons. The standard InChI is InChI=1S/C14H18BrNO3/c1-9-7-10(5-6-11(9)15)13(18)16-8-12(17)19-14(2,3)4/h5-7H,8H2,1-4H3,(H,16,18). The van der Waals surface area contributed by atoms with Gasteiger partial charge >= 0.3 is 5.97 Å². The van der Waals surface area contributed by atoms with Gasteiger partial charge in [-0.15, -0.1) is 0 Å². The van der Waals surface area contributed by atoms with Crippen LogP contribution in [-0.2, 0) is 9.53 Å². The molecule has 1 aromatic rings. The van der Waals surface area contributed by atoms with Crippen molar-refractivity contribution in [2.45, 2.75) is 33.3 Å². The van der Waals surface area contributed by atoms with Crippen LogP contribution in [0.5, 0.6) is 0 Å². The third-order valence-corrected chi connectivity index (χ3v) is 3.12. The number of carbonyl (C=O) groups is 2. The largest absolute Gasteiger partial charge is 0.459 e. The lowest BCUT2D eigenvalue weighted by Gasteiger charge is -2.19. The van der Waals surface area contributed by atoms with Crippen LogP contribution < -0.4 is 5.32 Å². The Balaban J connectivity index is 2.56. The van der Waals surface area contributed by atoms with E-state index in [4.69, 9.17) is 4.74 Å². The summed E-state index contributed by atoms with van der Waals surface area (Å²) in [5.41, 5.74) is 0.935. The number of rotatable bonds is 3. The SMILES string of the molecule is Cc1cc(C(=O)NCC(=O)OC(C)(C)C)ccc1Br. The van der Waals surface area contributed by atoms with Gasteiger partial charge in [-0.25, -0.2) is 0 Å². The molecule has 4 nitrogen and oxygen atoms in total. The molecule has 0 saturated heterocycles. The summed E-state index contributed by atoms with van der Waals surface area (Å²) in [5, 5.41) is 2.54. The molecule has 1 aromatic carbocycles. The average Bonchev–Trinajstić information content (AvgIpc) is 2.27. The van der Waals surface area contributed by atoms with Crippen LogP contribution in [0.15, 0.2) is 22.7 Å². The quantitative estimate of drug-likeness (QED) is 0.868. The van der Waals surface area contributed by atoms with Crippen LogP contribution in [0, 0.1) is 6.92 Å². The van der Waals surface area contributed by atoms with Gasteiger partial charge in [0.25, 0.3) is 5.91 Å². The third-order valence-electron chi connectivity index (χ3n) is 2.23. The Morgan fingerprint density at radius 1 is 1.32 bits per heavy atom. The monoisotopic (exact) mass is 327 g/mol. The number of aryl methyl sites for hydroxylation is 1. The number of hydrogen-bond acceptors (Lipinski definition) is 3. The summed E-state index contributed by atoms with van der Waals surface area (Å²) >= 11 is 3.37. The van der Waals surface area contributed by atoms with Crippen molar-refractivity contribution in [3.05, 3.63) is 33.8 Å². The zero-order valence-electron chi connectivity index (χ0n) is 11.5. The van der Waals surface area contributed by atoms with E-state index >= 15 is 0 Å². The maximum absolute atomic E-state index is 11.8. The minimum absolute atomic E-state index is 0.134. The Morgan fingerprint density at radius 2 is 1.95 bits per heavy atom. The van der Waals surface area contributed by atoms with Crippen molar-refractivity contribution in [1.29, 1.82) is 0 Å². The summed E-state index contributed by atoms with van der Waals surface area (Å²) in [4.78, 5) is 23.3. The highest BCUT2D eigenvalue weighted by molar-refractivity contribution is 9.10. The number of benzene rings is 1. The van der Waals surface area contributed by atoms with E-state index in [-0.39, 0.29) is 12.5 Å². The maximum atomic E-state index is 11.8. The van der Waals surface area contributed by atoms with E-state index in [1.807, 2.05) is 6.92 Å². The van der Waals surface area contributed by atoms with E-state index in [1.54, 1.807) is 39.0 Å². The molecule has 0 aromatic heterocycles. The van der Waals surface area contributed by atoms with Crippen LogP contribution in [0.2, 0.25) is 0 Å². The second kappa shape index (κ2) is 6.19. The number of hydrogen-bond donors (Lipinski definition) is 1. The molecule has 0 spiro atoms. The predicted molar refractivity (Wildman–Crippen MR) is 77.1 cm³/mol. The van der Waals surface area contributed by atoms with E-state index in [9.17, 15) is 9.59 Å². The maximum Gasteiger partial charge on any atom is 0.325 e. The van der Waals surface area contributed by atoms with Crippen LogP contribution in [0.25, 0.3) is 0 Å². The van der Waals surface area contributed by atoms with Gasteiger partial charge in [-0.05, 0) is 51.5 Å². The van der Waals surface area contributed by atoms with E-state index in [1.165, 1.54) is 0 Å². The minimum atomic E-state index is -0.546. The van der Waals surface area contributed by atoms with Gasteiger partial charge in [0.2, 0.25) is 0 Å². The summed E-state index contributed by atoms with van der Waals surface area (Å²) in [6.07, 6.45) is 0. The Hall–Kier alpha value is -1.36. The van der Waals surface area contributed by atoms with Crippen LogP contribution in [-0.4, -0.2) is 24.0 Å². The van der Waals surface area contributed by atoms with Crippen molar-refractivity contribution in [3.8, 4) is 0 Å². The highest BCUT2D eigenvalue weighted by Gasteiger charge is 2.17. The molecule has 0 aliphatic rings. The van der Waals surface area contributed by atoms with Crippen LogP contribution >= 0.6 is 15.9 Å². The van der Waals surface area contributed by atoms with Gasteiger partial charge in [-0.2, -0.15) is 0 Å². The third kappa shape index (κ3) is 5.42. The second-order valence-corrected chi connectivity index (χ2v) is 6.09. The first-order valence-corrected chi connectivity index (χ1v) is 6.74. The molecule has 1 N–H and O–H groups in total. The predicted octanol–water partition coefficient (Wildman–Crippen LogP) is 2.83. The molecule has 0 fully saturated rings. The van der Waals surface area contributed by atoms with Crippen molar-refractivity contribution in [1.82, 2.24) is 5.32 Å². The van der Waals surface area contributed by atoms with Gasteiger partial charge in [-0.1, -0.05) is 15.9 Å². The molecule has 0 aliphatic carbocycles. The molecule has 0 heterocycles. The van der Waals surface area contributed by atoms with E-state index in [0.717, 1.165) is 10.0 Å².